The number of rotatable bonds is 2. The van der Waals surface area contributed by atoms with E-state index in [2.05, 4.69) is 26.0 Å². The van der Waals surface area contributed by atoms with Crippen molar-refractivity contribution in [2.24, 2.45) is 0 Å². The van der Waals surface area contributed by atoms with Gasteiger partial charge in [-0.2, -0.15) is 9.61 Å². The number of nitrogens with zero attached hydrogens (tertiary/aromatic N) is 3. The summed E-state index contributed by atoms with van der Waals surface area (Å²) < 4.78 is 7.15. The minimum atomic E-state index is 0.248. The van der Waals surface area contributed by atoms with Crippen molar-refractivity contribution in [3.63, 3.8) is 0 Å². The van der Waals surface area contributed by atoms with Gasteiger partial charge in [-0.15, -0.1) is 0 Å². The molecule has 72 valence electrons. The van der Waals surface area contributed by atoms with Crippen LogP contribution in [0.2, 0.25) is 0 Å². The maximum absolute atomic E-state index is 10.6. The van der Waals surface area contributed by atoms with Gasteiger partial charge in [-0.05, 0) is 28.1 Å². The van der Waals surface area contributed by atoms with Gasteiger partial charge in [0.1, 0.15) is 4.60 Å². The minimum Gasteiger partial charge on any atom is -0.479 e. The van der Waals surface area contributed by atoms with Crippen LogP contribution in [0.1, 0.15) is 10.5 Å². The smallest absolute Gasteiger partial charge is 0.246 e. The van der Waals surface area contributed by atoms with Gasteiger partial charge in [0.2, 0.25) is 5.88 Å². The highest BCUT2D eigenvalue weighted by Gasteiger charge is 2.12. The lowest BCUT2D eigenvalue weighted by Gasteiger charge is -1.98. The first-order valence-corrected chi connectivity index (χ1v) is 4.60. The van der Waals surface area contributed by atoms with Crippen molar-refractivity contribution < 1.29 is 9.53 Å². The zero-order valence-electron chi connectivity index (χ0n) is 7.27. The van der Waals surface area contributed by atoms with Crippen LogP contribution in [0.4, 0.5) is 0 Å². The van der Waals surface area contributed by atoms with Crippen LogP contribution in [0.5, 0.6) is 5.88 Å². The van der Waals surface area contributed by atoms with Gasteiger partial charge in [-0.25, -0.2) is 4.98 Å². The summed E-state index contributed by atoms with van der Waals surface area (Å²) in [6.07, 6.45) is 0.640. The van der Waals surface area contributed by atoms with Gasteiger partial charge in [0.05, 0.1) is 7.11 Å². The normalized spacial score (nSPS) is 10.4. The second-order valence-corrected chi connectivity index (χ2v) is 3.36. The van der Waals surface area contributed by atoms with Gasteiger partial charge in [0, 0.05) is 0 Å². The van der Waals surface area contributed by atoms with Gasteiger partial charge in [0.25, 0.3) is 0 Å². The Morgan fingerprint density at radius 2 is 2.36 bits per heavy atom. The monoisotopic (exact) mass is 255 g/mol. The highest BCUT2D eigenvalue weighted by atomic mass is 79.9. The number of fused-ring (bicyclic) bond motifs is 1. The summed E-state index contributed by atoms with van der Waals surface area (Å²) in [6, 6.07) is 3.49. The van der Waals surface area contributed by atoms with Crippen molar-refractivity contribution >= 4 is 27.9 Å². The van der Waals surface area contributed by atoms with E-state index in [-0.39, 0.29) is 5.69 Å². The lowest BCUT2D eigenvalue weighted by Crippen LogP contribution is -1.96. The molecule has 2 aromatic rings. The number of aldehydes is 1. The first kappa shape index (κ1) is 9.14. The molecule has 0 unspecified atom stereocenters. The fourth-order valence-electron chi connectivity index (χ4n) is 1.18. The molecule has 0 aliphatic rings. The topological polar surface area (TPSA) is 56.5 Å². The molecule has 14 heavy (non-hydrogen) atoms. The molecule has 6 heteroatoms. The van der Waals surface area contributed by atoms with E-state index in [0.717, 1.165) is 0 Å². The molecule has 0 fully saturated rings. The Morgan fingerprint density at radius 1 is 1.57 bits per heavy atom. The van der Waals surface area contributed by atoms with Crippen molar-refractivity contribution in [3.05, 3.63) is 22.4 Å². The molecule has 2 aromatic heterocycles. The molecule has 2 rings (SSSR count). The third kappa shape index (κ3) is 1.27. The largest absolute Gasteiger partial charge is 0.479 e. The second-order valence-electron chi connectivity index (χ2n) is 2.55. The molecule has 0 N–H and O–H groups in total. The Balaban J connectivity index is 2.81. The first-order chi connectivity index (χ1) is 6.76. The lowest BCUT2D eigenvalue weighted by atomic mass is 10.5. The molecule has 0 saturated carbocycles. The highest BCUT2D eigenvalue weighted by molar-refractivity contribution is 9.10. The second kappa shape index (κ2) is 3.38. The zero-order valence-corrected chi connectivity index (χ0v) is 8.85. The summed E-state index contributed by atoms with van der Waals surface area (Å²) in [5.41, 5.74) is 0.824. The number of hydrogen-bond donors (Lipinski definition) is 0. The van der Waals surface area contributed by atoms with E-state index < -0.39 is 0 Å². The molecular weight excluding hydrogens is 250 g/mol. The molecule has 0 aliphatic carbocycles. The van der Waals surface area contributed by atoms with Crippen molar-refractivity contribution in [2.45, 2.75) is 0 Å². The number of ether oxygens (including phenoxy) is 1. The molecule has 0 aliphatic heterocycles. The SMILES string of the molecule is COc1c(C=O)nc2ccc(Br)nn12. The maximum Gasteiger partial charge on any atom is 0.246 e. The molecule has 0 atom stereocenters. The summed E-state index contributed by atoms with van der Waals surface area (Å²) in [4.78, 5) is 14.7. The predicted octanol–water partition coefficient (Wildman–Crippen LogP) is 1.31. The van der Waals surface area contributed by atoms with Crippen LogP contribution in [0, 0.1) is 0 Å². The van der Waals surface area contributed by atoms with E-state index in [1.54, 1.807) is 12.1 Å². The molecule has 0 bridgehead atoms. The Labute approximate surface area is 87.8 Å². The molecule has 0 saturated heterocycles. The van der Waals surface area contributed by atoms with Crippen molar-refractivity contribution in [1.82, 2.24) is 14.6 Å². The number of imidazole rings is 1. The van der Waals surface area contributed by atoms with Crippen molar-refractivity contribution in [2.75, 3.05) is 7.11 Å². The molecular formula is C8H6BrN3O2. The van der Waals surface area contributed by atoms with Crippen LogP contribution in [0.15, 0.2) is 16.7 Å². The van der Waals surface area contributed by atoms with Crippen LogP contribution in [-0.4, -0.2) is 28.0 Å². The molecule has 5 nitrogen and oxygen atoms in total. The van der Waals surface area contributed by atoms with Crippen LogP contribution >= 0.6 is 15.9 Å². The highest BCUT2D eigenvalue weighted by Crippen LogP contribution is 2.18. The fraction of sp³-hybridized carbons (Fsp3) is 0.125. The summed E-state index contributed by atoms with van der Waals surface area (Å²) >= 11 is 3.22. The average molecular weight is 256 g/mol. The van der Waals surface area contributed by atoms with Gasteiger partial charge in [-0.3, -0.25) is 4.79 Å². The number of carbonyl (C=O) groups is 1. The van der Waals surface area contributed by atoms with Gasteiger partial charge < -0.3 is 4.74 Å². The zero-order chi connectivity index (χ0) is 10.1. The molecule has 0 spiro atoms. The summed E-state index contributed by atoms with van der Waals surface area (Å²) in [6.45, 7) is 0. The van der Waals surface area contributed by atoms with E-state index >= 15 is 0 Å². The number of hydrogen-bond acceptors (Lipinski definition) is 4. The Kier molecular flexibility index (Phi) is 2.20. The maximum atomic E-state index is 10.6. The first-order valence-electron chi connectivity index (χ1n) is 3.80. The predicted molar refractivity (Wildman–Crippen MR) is 52.6 cm³/mol. The third-order valence-corrected chi connectivity index (χ3v) is 2.16. The number of carbonyl (C=O) groups excluding carboxylic acids is 1. The standard InChI is InChI=1S/C8H6BrN3O2/c1-14-8-5(4-13)10-7-3-2-6(9)11-12(7)8/h2-4H,1H3. The van der Waals surface area contributed by atoms with E-state index in [0.29, 0.717) is 22.4 Å². The lowest BCUT2D eigenvalue weighted by molar-refractivity contribution is 0.111. The van der Waals surface area contributed by atoms with E-state index in [9.17, 15) is 4.79 Å². The van der Waals surface area contributed by atoms with Crippen molar-refractivity contribution in [1.29, 1.82) is 0 Å². The van der Waals surface area contributed by atoms with Gasteiger partial charge in [0.15, 0.2) is 17.6 Å². The molecule has 0 aromatic carbocycles. The average Bonchev–Trinajstić information content (AvgIpc) is 2.54. The van der Waals surface area contributed by atoms with Crippen LogP contribution < -0.4 is 4.74 Å². The number of halogens is 1. The summed E-state index contributed by atoms with van der Waals surface area (Å²) in [5.74, 6) is 0.344. The fourth-order valence-corrected chi connectivity index (χ4v) is 1.47. The third-order valence-electron chi connectivity index (χ3n) is 1.73. The van der Waals surface area contributed by atoms with Gasteiger partial charge in [-0.1, -0.05) is 0 Å². The van der Waals surface area contributed by atoms with E-state index in [1.165, 1.54) is 11.6 Å². The molecule has 2 heterocycles. The van der Waals surface area contributed by atoms with E-state index in [4.69, 9.17) is 4.74 Å². The Hall–Kier alpha value is -1.43. The molecule has 0 amide bonds. The number of aromatic nitrogens is 3. The van der Waals surface area contributed by atoms with Crippen molar-refractivity contribution in [3.8, 4) is 5.88 Å². The Bertz CT molecular complexity index is 495. The molecule has 0 radical (unpaired) electrons. The van der Waals surface area contributed by atoms with Crippen LogP contribution in [0.3, 0.4) is 0 Å². The minimum absolute atomic E-state index is 0.248. The summed E-state index contributed by atoms with van der Waals surface area (Å²) in [5, 5.41) is 4.10. The number of methoxy groups -OCH3 is 1. The van der Waals surface area contributed by atoms with Crippen LogP contribution in [-0.2, 0) is 0 Å². The van der Waals surface area contributed by atoms with Gasteiger partial charge >= 0.3 is 0 Å². The van der Waals surface area contributed by atoms with E-state index in [1.807, 2.05) is 0 Å². The Morgan fingerprint density at radius 3 is 3.00 bits per heavy atom. The van der Waals surface area contributed by atoms with Crippen LogP contribution in [0.25, 0.3) is 5.65 Å². The quantitative estimate of drug-likeness (QED) is 0.760. The summed E-state index contributed by atoms with van der Waals surface area (Å²) in [7, 11) is 1.47.